The number of piperidine rings is 1. The Hall–Kier alpha value is -3.29. The lowest BCUT2D eigenvalue weighted by Crippen LogP contribution is -2.49. The molecule has 3 rings (SSSR count). The van der Waals surface area contributed by atoms with Gasteiger partial charge in [0.05, 0.1) is 0 Å². The van der Waals surface area contributed by atoms with Crippen LogP contribution in [0, 0.1) is 0 Å². The molecule has 1 saturated heterocycles. The van der Waals surface area contributed by atoms with Crippen molar-refractivity contribution in [1.82, 2.24) is 20.1 Å². The Kier molecular flexibility index (Phi) is 6.99. The minimum absolute atomic E-state index is 0.0134. The monoisotopic (exact) mass is 426 g/mol. The summed E-state index contributed by atoms with van der Waals surface area (Å²) in [5.41, 5.74) is 0.996. The summed E-state index contributed by atoms with van der Waals surface area (Å²) in [6, 6.07) is 11.4. The van der Waals surface area contributed by atoms with Crippen LogP contribution in [0.15, 0.2) is 48.8 Å². The number of carbonyl (C=O) groups excluding carboxylic acids is 3. The van der Waals surface area contributed by atoms with E-state index in [0.717, 1.165) is 5.69 Å². The van der Waals surface area contributed by atoms with E-state index in [-0.39, 0.29) is 24.4 Å². The fourth-order valence-corrected chi connectivity index (χ4v) is 3.41. The van der Waals surface area contributed by atoms with Crippen molar-refractivity contribution >= 4 is 17.9 Å². The van der Waals surface area contributed by atoms with Crippen molar-refractivity contribution in [3.63, 3.8) is 0 Å². The van der Waals surface area contributed by atoms with Crippen molar-refractivity contribution in [2.75, 3.05) is 19.6 Å². The van der Waals surface area contributed by atoms with E-state index in [0.29, 0.717) is 31.5 Å². The third-order valence-corrected chi connectivity index (χ3v) is 5.00. The van der Waals surface area contributed by atoms with E-state index >= 15 is 0 Å². The van der Waals surface area contributed by atoms with Crippen molar-refractivity contribution in [2.24, 2.45) is 0 Å². The van der Waals surface area contributed by atoms with Crippen LogP contribution in [0.2, 0.25) is 0 Å². The van der Waals surface area contributed by atoms with Crippen molar-refractivity contribution in [2.45, 2.75) is 45.3 Å². The highest BCUT2D eigenvalue weighted by molar-refractivity contribution is 5.94. The summed E-state index contributed by atoms with van der Waals surface area (Å²) in [7, 11) is 0. The molecular formula is C23H30N4O4. The number of alkyl carbamates (subject to hydrolysis) is 1. The Morgan fingerprint density at radius 3 is 2.23 bits per heavy atom. The number of ether oxygens (including phenoxy) is 1. The summed E-state index contributed by atoms with van der Waals surface area (Å²) < 4.78 is 7.12. The first-order valence-electron chi connectivity index (χ1n) is 10.5. The van der Waals surface area contributed by atoms with Gasteiger partial charge < -0.3 is 24.8 Å². The highest BCUT2D eigenvalue weighted by Crippen LogP contribution is 2.14. The molecule has 1 aromatic heterocycles. The van der Waals surface area contributed by atoms with Gasteiger partial charge in [0.2, 0.25) is 5.91 Å². The molecule has 8 nitrogen and oxygen atoms in total. The second kappa shape index (κ2) is 9.68. The molecular weight excluding hydrogens is 396 g/mol. The Morgan fingerprint density at radius 1 is 1.03 bits per heavy atom. The number of nitrogens with zero attached hydrogens (tertiary/aromatic N) is 2. The van der Waals surface area contributed by atoms with Crippen LogP contribution in [-0.4, -0.2) is 58.7 Å². The second-order valence-electron chi connectivity index (χ2n) is 8.62. The molecule has 1 aromatic carbocycles. The first-order valence-corrected chi connectivity index (χ1v) is 10.5. The molecule has 31 heavy (non-hydrogen) atoms. The summed E-state index contributed by atoms with van der Waals surface area (Å²) in [4.78, 5) is 38.3. The van der Waals surface area contributed by atoms with E-state index in [1.165, 1.54) is 0 Å². The van der Waals surface area contributed by atoms with Crippen molar-refractivity contribution in [3.8, 4) is 5.69 Å². The van der Waals surface area contributed by atoms with Gasteiger partial charge in [0.15, 0.2) is 0 Å². The molecule has 3 amide bonds. The van der Waals surface area contributed by atoms with Crippen LogP contribution in [0.5, 0.6) is 0 Å². The zero-order valence-electron chi connectivity index (χ0n) is 18.3. The largest absolute Gasteiger partial charge is 0.444 e. The number of benzene rings is 1. The van der Waals surface area contributed by atoms with E-state index < -0.39 is 11.7 Å². The van der Waals surface area contributed by atoms with E-state index in [9.17, 15) is 14.4 Å². The standard InChI is InChI=1S/C23H30N4O4/c1-23(2,3)31-22(30)24-16-20(28)27-14-10-18(11-15-27)25-21(29)17-6-8-19(9-7-17)26-12-4-5-13-26/h4-9,12-13,18H,10-11,14-16H2,1-3H3,(H,24,30)(H,25,29). The van der Waals surface area contributed by atoms with Crippen LogP contribution < -0.4 is 10.6 Å². The molecule has 0 radical (unpaired) electrons. The average molecular weight is 427 g/mol. The van der Waals surface area contributed by atoms with Crippen LogP contribution in [0.25, 0.3) is 5.69 Å². The maximum absolute atomic E-state index is 12.6. The lowest BCUT2D eigenvalue weighted by Gasteiger charge is -2.32. The zero-order chi connectivity index (χ0) is 22.4. The maximum atomic E-state index is 12.6. The Bertz CT molecular complexity index is 893. The summed E-state index contributed by atoms with van der Waals surface area (Å²) >= 11 is 0. The number of amides is 3. The summed E-state index contributed by atoms with van der Waals surface area (Å²) in [5, 5.41) is 5.54. The van der Waals surface area contributed by atoms with Gasteiger partial charge in [0.25, 0.3) is 5.91 Å². The molecule has 2 aromatic rings. The molecule has 8 heteroatoms. The molecule has 0 aliphatic carbocycles. The second-order valence-corrected chi connectivity index (χ2v) is 8.62. The molecule has 166 valence electrons. The highest BCUT2D eigenvalue weighted by atomic mass is 16.6. The average Bonchev–Trinajstić information content (AvgIpc) is 3.26. The van der Waals surface area contributed by atoms with Gasteiger partial charge in [-0.2, -0.15) is 0 Å². The number of aromatic nitrogens is 1. The fourth-order valence-electron chi connectivity index (χ4n) is 3.41. The molecule has 1 aliphatic rings. The van der Waals surface area contributed by atoms with Gasteiger partial charge in [-0.25, -0.2) is 4.79 Å². The van der Waals surface area contributed by atoms with Gasteiger partial charge in [-0.1, -0.05) is 0 Å². The lowest BCUT2D eigenvalue weighted by atomic mass is 10.0. The topological polar surface area (TPSA) is 92.7 Å². The SMILES string of the molecule is CC(C)(C)OC(=O)NCC(=O)N1CCC(NC(=O)c2ccc(-n3cccc3)cc2)CC1. The number of rotatable bonds is 5. The number of likely N-dealkylation sites (tertiary alicyclic amines) is 1. The molecule has 2 heterocycles. The van der Waals surface area contributed by atoms with E-state index in [4.69, 9.17) is 4.74 Å². The van der Waals surface area contributed by atoms with E-state index in [2.05, 4.69) is 10.6 Å². The van der Waals surface area contributed by atoms with Crippen LogP contribution in [0.1, 0.15) is 44.0 Å². The first-order chi connectivity index (χ1) is 14.7. The van der Waals surface area contributed by atoms with Gasteiger partial charge >= 0.3 is 6.09 Å². The number of nitrogens with one attached hydrogen (secondary N) is 2. The van der Waals surface area contributed by atoms with Crippen molar-refractivity contribution in [1.29, 1.82) is 0 Å². The van der Waals surface area contributed by atoms with Gasteiger partial charge in [0.1, 0.15) is 12.1 Å². The van der Waals surface area contributed by atoms with Gasteiger partial charge in [0, 0.05) is 42.8 Å². The highest BCUT2D eigenvalue weighted by Gasteiger charge is 2.25. The molecule has 1 aliphatic heterocycles. The van der Waals surface area contributed by atoms with Crippen LogP contribution in [0.4, 0.5) is 4.79 Å². The van der Waals surface area contributed by atoms with Crippen molar-refractivity contribution < 1.29 is 19.1 Å². The Morgan fingerprint density at radius 2 is 1.65 bits per heavy atom. The van der Waals surface area contributed by atoms with Crippen molar-refractivity contribution in [3.05, 3.63) is 54.4 Å². The molecule has 0 spiro atoms. The quantitative estimate of drug-likeness (QED) is 0.769. The lowest BCUT2D eigenvalue weighted by molar-refractivity contribution is -0.131. The molecule has 0 unspecified atom stereocenters. The number of hydrogen-bond donors (Lipinski definition) is 2. The number of hydrogen-bond acceptors (Lipinski definition) is 4. The third-order valence-electron chi connectivity index (χ3n) is 5.00. The minimum Gasteiger partial charge on any atom is -0.444 e. The third kappa shape index (κ3) is 6.60. The van der Waals surface area contributed by atoms with Crippen LogP contribution in [-0.2, 0) is 9.53 Å². The predicted octanol–water partition coefficient (Wildman–Crippen LogP) is 2.72. The van der Waals surface area contributed by atoms with Gasteiger partial charge in [-0.15, -0.1) is 0 Å². The first kappa shape index (κ1) is 22.4. The predicted molar refractivity (Wildman–Crippen MR) is 117 cm³/mol. The zero-order valence-corrected chi connectivity index (χ0v) is 18.3. The molecule has 0 saturated carbocycles. The minimum atomic E-state index is -0.606. The summed E-state index contributed by atoms with van der Waals surface area (Å²) in [6.45, 7) is 6.27. The van der Waals surface area contributed by atoms with Crippen LogP contribution in [0.3, 0.4) is 0 Å². The van der Waals surface area contributed by atoms with E-state index in [1.807, 2.05) is 53.4 Å². The fraction of sp³-hybridized carbons (Fsp3) is 0.435. The van der Waals surface area contributed by atoms with Gasteiger partial charge in [-0.3, -0.25) is 9.59 Å². The molecule has 0 atom stereocenters. The van der Waals surface area contributed by atoms with Crippen LogP contribution >= 0.6 is 0 Å². The molecule has 1 fully saturated rings. The Balaban J connectivity index is 1.42. The maximum Gasteiger partial charge on any atom is 0.408 e. The summed E-state index contributed by atoms with van der Waals surface area (Å²) in [6.07, 6.45) is 4.64. The van der Waals surface area contributed by atoms with E-state index in [1.54, 1.807) is 25.7 Å². The normalized spacial score (nSPS) is 14.7. The summed E-state index contributed by atoms with van der Waals surface area (Å²) in [5.74, 6) is -0.272. The van der Waals surface area contributed by atoms with Gasteiger partial charge in [-0.05, 0) is 70.0 Å². The molecule has 2 N–H and O–H groups in total. The smallest absolute Gasteiger partial charge is 0.408 e. The number of carbonyl (C=O) groups is 3. The molecule has 0 bridgehead atoms. The Labute approximate surface area is 182 Å².